The normalized spacial score (nSPS) is 32.9. The first-order valence-corrected chi connectivity index (χ1v) is 19.6. The molecule has 0 unspecified atom stereocenters. The fourth-order valence-electron chi connectivity index (χ4n) is 8.75. The molecule has 4 aliphatic rings. The number of amides is 1. The number of fused-ring (bicyclic) bond motifs is 10. The number of carbonyl (C=O) groups is 2. The summed E-state index contributed by atoms with van der Waals surface area (Å²) in [6.45, 7) is 16.5. The second-order valence-corrected chi connectivity index (χ2v) is 16.7. The second kappa shape index (κ2) is 14.8. The molecule has 1 amide bonds. The van der Waals surface area contributed by atoms with Crippen LogP contribution in [0, 0.1) is 30.6 Å². The Kier molecular flexibility index (Phi) is 10.5. The summed E-state index contributed by atoms with van der Waals surface area (Å²) in [5.74, 6) is -3.30. The molecule has 4 aromatic rings. The van der Waals surface area contributed by atoms with E-state index in [0.717, 1.165) is 0 Å². The number of aliphatic hydroxyl groups is 1. The number of Topliss-reactive ketones (excluding diaryl/α,β-unsaturated/α-hetero) is 1. The topological polar surface area (TPSA) is 167 Å². The molecule has 1 aromatic heterocycles. The monoisotopic (exact) mass is 780 g/mol. The Hall–Kier alpha value is -4.88. The number of rotatable bonds is 1. The van der Waals surface area contributed by atoms with Gasteiger partial charge in [-0.05, 0) is 46.8 Å². The molecular formula is C45H52N2O10. The number of para-hydroxylation sites is 2. The van der Waals surface area contributed by atoms with Crippen molar-refractivity contribution in [2.45, 2.75) is 105 Å². The minimum atomic E-state index is -1.45. The lowest BCUT2D eigenvalue weighted by molar-refractivity contribution is -0.336. The molecule has 12 heteroatoms. The van der Waals surface area contributed by atoms with Crippen LogP contribution in [0.15, 0.2) is 69.4 Å². The van der Waals surface area contributed by atoms with Gasteiger partial charge in [-0.1, -0.05) is 70.2 Å². The van der Waals surface area contributed by atoms with Crippen LogP contribution in [0.25, 0.3) is 33.0 Å². The molecule has 0 spiro atoms. The lowest BCUT2D eigenvalue weighted by atomic mass is 9.77. The summed E-state index contributed by atoms with van der Waals surface area (Å²) in [5, 5.41) is 26.5. The van der Waals surface area contributed by atoms with Gasteiger partial charge in [-0.15, -0.1) is 0 Å². The zero-order valence-electron chi connectivity index (χ0n) is 34.1. The predicted octanol–water partition coefficient (Wildman–Crippen LogP) is 7.68. The van der Waals surface area contributed by atoms with Gasteiger partial charge in [0.05, 0.1) is 35.4 Å². The number of aromatic nitrogens is 1. The molecule has 3 aromatic carbocycles. The molecule has 1 saturated heterocycles. The lowest BCUT2D eigenvalue weighted by Gasteiger charge is -2.49. The highest BCUT2D eigenvalue weighted by atomic mass is 16.7. The Morgan fingerprint density at radius 3 is 2.35 bits per heavy atom. The number of ketones is 1. The summed E-state index contributed by atoms with van der Waals surface area (Å²) in [6, 6.07) is 6.96. The van der Waals surface area contributed by atoms with Crippen LogP contribution in [0.1, 0.15) is 77.7 Å². The van der Waals surface area contributed by atoms with Gasteiger partial charge in [0, 0.05) is 53.7 Å². The quantitative estimate of drug-likeness (QED) is 0.0750. The zero-order valence-corrected chi connectivity index (χ0v) is 34.1. The molecule has 0 saturated carbocycles. The summed E-state index contributed by atoms with van der Waals surface area (Å²) >= 11 is 0. The maximum Gasteiger partial charge on any atom is 0.251 e. The van der Waals surface area contributed by atoms with Gasteiger partial charge in [-0.3, -0.25) is 14.4 Å². The third-order valence-electron chi connectivity index (χ3n) is 12.1. The Balaban J connectivity index is 1.43. The Labute approximate surface area is 331 Å². The van der Waals surface area contributed by atoms with Crippen LogP contribution in [0.5, 0.6) is 11.5 Å². The Morgan fingerprint density at radius 2 is 1.63 bits per heavy atom. The number of nitrogens with zero attached hydrogens (tertiary/aromatic N) is 1. The zero-order chi connectivity index (χ0) is 41.3. The third-order valence-corrected chi connectivity index (χ3v) is 12.1. The van der Waals surface area contributed by atoms with Crippen molar-refractivity contribution < 1.29 is 43.2 Å². The number of aromatic hydroxyl groups is 1. The second-order valence-electron chi connectivity index (χ2n) is 16.7. The van der Waals surface area contributed by atoms with Gasteiger partial charge < -0.3 is 38.9 Å². The Morgan fingerprint density at radius 1 is 0.930 bits per heavy atom. The number of aliphatic hydroxyl groups excluding tert-OH is 1. The SMILES string of the molecule is CO[C@H]1/C=C/C[C@@]2(C)Oc3c(C)c(=O)c4c(O)c(c5oc6ccccc6nc5c4c3C2=O)NC(=O)/C(C)=C\C=C\[C@H](C)[C@@H]2OC(C)(C)O[C@@H]([C@@H](C)[C@H](O)[C@@H]1C)[C@@H]2C. The van der Waals surface area contributed by atoms with Crippen LogP contribution in [0.2, 0.25) is 0 Å². The van der Waals surface area contributed by atoms with Crippen molar-refractivity contribution in [1.82, 2.24) is 4.98 Å². The molecule has 7 bridgehead atoms. The number of methoxy groups -OCH3 is 1. The molecule has 302 valence electrons. The van der Waals surface area contributed by atoms with Gasteiger partial charge in [0.15, 0.2) is 33.7 Å². The van der Waals surface area contributed by atoms with Crippen molar-refractivity contribution in [2.24, 2.45) is 23.7 Å². The first-order chi connectivity index (χ1) is 26.9. The highest BCUT2D eigenvalue weighted by Gasteiger charge is 2.48. The van der Waals surface area contributed by atoms with Crippen molar-refractivity contribution in [3.63, 3.8) is 0 Å². The number of allylic oxidation sites excluding steroid dienone is 2. The van der Waals surface area contributed by atoms with Crippen molar-refractivity contribution in [1.29, 1.82) is 0 Å². The summed E-state index contributed by atoms with van der Waals surface area (Å²) in [7, 11) is 1.57. The lowest BCUT2D eigenvalue weighted by Crippen LogP contribution is -2.56. The minimum absolute atomic E-state index is 0.0160. The maximum absolute atomic E-state index is 14.6. The van der Waals surface area contributed by atoms with E-state index in [1.807, 2.05) is 46.8 Å². The number of ether oxygens (including phenoxy) is 4. The van der Waals surface area contributed by atoms with E-state index >= 15 is 0 Å². The summed E-state index contributed by atoms with van der Waals surface area (Å²) < 4.78 is 31.6. The van der Waals surface area contributed by atoms with E-state index in [0.29, 0.717) is 16.7 Å². The van der Waals surface area contributed by atoms with Crippen LogP contribution >= 0.6 is 0 Å². The molecule has 5 heterocycles. The number of benzene rings is 3. The number of phenolic OH excluding ortho intramolecular Hbond substituents is 1. The van der Waals surface area contributed by atoms with Gasteiger partial charge in [-0.2, -0.15) is 0 Å². The molecule has 57 heavy (non-hydrogen) atoms. The standard InChI is InChI=1S/C45H52N2O10/c1-21-15-13-16-22(2)43(52)47-34-37(50)31-30(33-41(34)54-29-18-12-11-17-27(29)46-33)32-40(25(5)36(31)49)57-45(9,42(32)51)20-14-19-28(53-10)23(3)35(48)24(4)39-26(6)38(21)55-44(7,8)56-39/h11-19,21,23-24,26,28,35,38-39,48,50H,20H2,1-10H3,(H,47,52)/b15-13+,19-14+,22-16-/t21-,23+,24-,26+,28-,35+,38-,39-,45+/m0/s1. The molecule has 8 rings (SSSR count). The highest BCUT2D eigenvalue weighted by molar-refractivity contribution is 6.26. The van der Waals surface area contributed by atoms with Crippen molar-refractivity contribution in [2.75, 3.05) is 12.4 Å². The third kappa shape index (κ3) is 6.86. The number of anilines is 1. The van der Waals surface area contributed by atoms with E-state index in [1.54, 1.807) is 70.4 Å². The van der Waals surface area contributed by atoms with Crippen LogP contribution in [0.4, 0.5) is 5.69 Å². The molecule has 3 N–H and O–H groups in total. The Bertz CT molecular complexity index is 2450. The number of nitrogens with one attached hydrogen (secondary N) is 1. The summed E-state index contributed by atoms with van der Waals surface area (Å²) in [5.41, 5.74) is -0.790. The van der Waals surface area contributed by atoms with Gasteiger partial charge >= 0.3 is 0 Å². The van der Waals surface area contributed by atoms with Crippen LogP contribution in [0.3, 0.4) is 0 Å². The number of hydrogen-bond acceptors (Lipinski definition) is 11. The van der Waals surface area contributed by atoms with Crippen molar-refractivity contribution >= 4 is 50.3 Å². The maximum atomic E-state index is 14.6. The van der Waals surface area contributed by atoms with E-state index in [1.165, 1.54) is 0 Å². The smallest absolute Gasteiger partial charge is 0.251 e. The molecule has 0 radical (unpaired) electrons. The molecule has 4 aliphatic heterocycles. The van der Waals surface area contributed by atoms with Crippen molar-refractivity contribution in [3.05, 3.63) is 81.6 Å². The molecular weight excluding hydrogens is 728 g/mol. The highest BCUT2D eigenvalue weighted by Crippen LogP contribution is 2.49. The van der Waals surface area contributed by atoms with Crippen LogP contribution < -0.4 is 15.5 Å². The van der Waals surface area contributed by atoms with E-state index in [4.69, 9.17) is 28.3 Å². The first-order valence-electron chi connectivity index (χ1n) is 19.6. The fraction of sp³-hybridized carbons (Fsp3) is 0.467. The van der Waals surface area contributed by atoms with Gasteiger partial charge in [0.2, 0.25) is 5.78 Å². The fourth-order valence-corrected chi connectivity index (χ4v) is 8.75. The number of phenols is 1. The van der Waals surface area contributed by atoms with Crippen LogP contribution in [-0.4, -0.2) is 69.8 Å². The predicted molar refractivity (Wildman–Crippen MR) is 218 cm³/mol. The van der Waals surface area contributed by atoms with Crippen LogP contribution in [-0.2, 0) is 19.0 Å². The molecule has 9 atom stereocenters. The van der Waals surface area contributed by atoms with E-state index in [2.05, 4.69) is 12.2 Å². The number of hydrogen-bond donors (Lipinski definition) is 3. The summed E-state index contributed by atoms with van der Waals surface area (Å²) in [4.78, 5) is 47.6. The summed E-state index contributed by atoms with van der Waals surface area (Å²) in [6.07, 6.45) is 7.09. The van der Waals surface area contributed by atoms with E-state index in [-0.39, 0.29) is 86.7 Å². The average Bonchev–Trinajstić information content (AvgIpc) is 3.44. The first kappa shape index (κ1) is 40.3. The molecule has 12 nitrogen and oxygen atoms in total. The molecule has 1 fully saturated rings. The largest absolute Gasteiger partial charge is 0.505 e. The van der Waals surface area contributed by atoms with Gasteiger partial charge in [0.1, 0.15) is 22.5 Å². The van der Waals surface area contributed by atoms with E-state index in [9.17, 15) is 24.6 Å². The average molecular weight is 781 g/mol. The van der Waals surface area contributed by atoms with Gasteiger partial charge in [0.25, 0.3) is 5.91 Å². The minimum Gasteiger partial charge on any atom is -0.505 e. The van der Waals surface area contributed by atoms with Crippen molar-refractivity contribution in [3.8, 4) is 11.5 Å². The van der Waals surface area contributed by atoms with Gasteiger partial charge in [-0.25, -0.2) is 4.98 Å². The molecule has 0 aliphatic carbocycles. The number of carbonyl (C=O) groups excluding carboxylic acids is 2. The van der Waals surface area contributed by atoms with E-state index < -0.39 is 46.5 Å².